The van der Waals surface area contributed by atoms with Gasteiger partial charge in [0.1, 0.15) is 6.04 Å². The second kappa shape index (κ2) is 6.00. The van der Waals surface area contributed by atoms with Gasteiger partial charge in [0.2, 0.25) is 0 Å². The third-order valence-electron chi connectivity index (χ3n) is 2.85. The van der Waals surface area contributed by atoms with E-state index in [1.54, 1.807) is 0 Å². The summed E-state index contributed by atoms with van der Waals surface area (Å²) >= 11 is 0. The van der Waals surface area contributed by atoms with Crippen LogP contribution in [-0.4, -0.2) is 0 Å². The van der Waals surface area contributed by atoms with Gasteiger partial charge in [-0.15, -0.1) is 0 Å². The first-order chi connectivity index (χ1) is 8.79. The van der Waals surface area contributed by atoms with Gasteiger partial charge in [-0.1, -0.05) is 60.2 Å². The first-order valence-corrected chi connectivity index (χ1v) is 6.03. The Morgan fingerprint density at radius 2 is 1.89 bits per heavy atom. The highest BCUT2D eigenvalue weighted by Crippen LogP contribution is 2.12. The van der Waals surface area contributed by atoms with E-state index in [2.05, 4.69) is 36.5 Å². The first kappa shape index (κ1) is 12.3. The predicted octanol–water partition coefficient (Wildman–Crippen LogP) is 3.35. The molecule has 1 N–H and O–H groups in total. The maximum Gasteiger partial charge on any atom is 0.121 e. The summed E-state index contributed by atoms with van der Waals surface area (Å²) in [4.78, 5) is 0. The largest absolute Gasteiger partial charge is 0.294 e. The zero-order valence-electron chi connectivity index (χ0n) is 10.4. The molecule has 0 bridgehead atoms. The van der Waals surface area contributed by atoms with E-state index in [1.807, 2.05) is 36.4 Å². The van der Waals surface area contributed by atoms with Crippen LogP contribution in [0.4, 0.5) is 0 Å². The van der Waals surface area contributed by atoms with Crippen LogP contribution in [-0.2, 0) is 6.54 Å². The molecule has 90 valence electrons. The monoisotopic (exact) mass is 236 g/mol. The molecule has 0 radical (unpaired) electrons. The molecule has 0 heterocycles. The predicted molar refractivity (Wildman–Crippen MR) is 72.8 cm³/mol. The Morgan fingerprint density at radius 3 is 2.56 bits per heavy atom. The molecule has 0 saturated carbocycles. The van der Waals surface area contributed by atoms with Crippen LogP contribution in [0.25, 0.3) is 0 Å². The van der Waals surface area contributed by atoms with Crippen LogP contribution in [0.15, 0.2) is 54.6 Å². The number of nitrogens with zero attached hydrogens (tertiary/aromatic N) is 1. The molecule has 0 fully saturated rings. The van der Waals surface area contributed by atoms with Crippen molar-refractivity contribution in [1.82, 2.24) is 5.32 Å². The summed E-state index contributed by atoms with van der Waals surface area (Å²) < 4.78 is 0. The normalized spacial score (nSPS) is 11.8. The van der Waals surface area contributed by atoms with Gasteiger partial charge >= 0.3 is 0 Å². The number of rotatable bonds is 4. The van der Waals surface area contributed by atoms with Gasteiger partial charge in [-0.25, -0.2) is 0 Å². The smallest absolute Gasteiger partial charge is 0.121 e. The minimum absolute atomic E-state index is 0.258. The van der Waals surface area contributed by atoms with Gasteiger partial charge in [0, 0.05) is 6.54 Å². The zero-order valence-corrected chi connectivity index (χ0v) is 10.4. The number of hydrogen-bond donors (Lipinski definition) is 1. The summed E-state index contributed by atoms with van der Waals surface area (Å²) in [5.74, 6) is 0. The number of nitriles is 1. The lowest BCUT2D eigenvalue weighted by Gasteiger charge is -2.12. The lowest BCUT2D eigenvalue weighted by atomic mass is 10.1. The molecule has 2 rings (SSSR count). The third-order valence-corrected chi connectivity index (χ3v) is 2.85. The van der Waals surface area contributed by atoms with E-state index in [9.17, 15) is 5.26 Å². The highest BCUT2D eigenvalue weighted by molar-refractivity contribution is 5.25. The van der Waals surface area contributed by atoms with Crippen molar-refractivity contribution in [2.24, 2.45) is 0 Å². The van der Waals surface area contributed by atoms with Crippen LogP contribution in [0.3, 0.4) is 0 Å². The van der Waals surface area contributed by atoms with Crippen LogP contribution in [0.1, 0.15) is 22.7 Å². The van der Waals surface area contributed by atoms with Crippen LogP contribution in [0.5, 0.6) is 0 Å². The van der Waals surface area contributed by atoms with Crippen molar-refractivity contribution in [2.45, 2.75) is 19.5 Å². The molecule has 0 aliphatic heterocycles. The molecule has 0 aromatic heterocycles. The lowest BCUT2D eigenvalue weighted by molar-refractivity contribution is 0.630. The van der Waals surface area contributed by atoms with Gasteiger partial charge in [-0.2, -0.15) is 5.26 Å². The van der Waals surface area contributed by atoms with E-state index in [4.69, 9.17) is 0 Å². The molecule has 1 unspecified atom stereocenters. The molecule has 2 nitrogen and oxygen atoms in total. The van der Waals surface area contributed by atoms with Gasteiger partial charge < -0.3 is 0 Å². The Bertz CT molecular complexity index is 541. The minimum atomic E-state index is -0.258. The summed E-state index contributed by atoms with van der Waals surface area (Å²) in [7, 11) is 0. The highest BCUT2D eigenvalue weighted by atomic mass is 14.9. The Kier molecular flexibility index (Phi) is 4.11. The average molecular weight is 236 g/mol. The molecular weight excluding hydrogens is 220 g/mol. The van der Waals surface area contributed by atoms with E-state index in [1.165, 1.54) is 11.1 Å². The van der Waals surface area contributed by atoms with Gasteiger partial charge in [-0.05, 0) is 18.1 Å². The second-order valence-corrected chi connectivity index (χ2v) is 4.34. The van der Waals surface area contributed by atoms with Crippen molar-refractivity contribution in [1.29, 1.82) is 5.26 Å². The molecule has 0 aliphatic carbocycles. The second-order valence-electron chi connectivity index (χ2n) is 4.34. The topological polar surface area (TPSA) is 35.8 Å². The fourth-order valence-electron chi connectivity index (χ4n) is 1.93. The summed E-state index contributed by atoms with van der Waals surface area (Å²) in [5.41, 5.74) is 3.45. The first-order valence-electron chi connectivity index (χ1n) is 6.03. The van der Waals surface area contributed by atoms with Gasteiger partial charge in [0.05, 0.1) is 6.07 Å². The molecule has 0 saturated heterocycles. The molecule has 0 aliphatic rings. The summed E-state index contributed by atoms with van der Waals surface area (Å²) in [5, 5.41) is 12.5. The van der Waals surface area contributed by atoms with Gasteiger partial charge in [-0.3, -0.25) is 5.32 Å². The van der Waals surface area contributed by atoms with E-state index in [-0.39, 0.29) is 6.04 Å². The van der Waals surface area contributed by atoms with Crippen LogP contribution in [0.2, 0.25) is 0 Å². The molecular formula is C16H16N2. The SMILES string of the molecule is Cc1cccc(CNC(C#N)c2ccccc2)c1. The minimum Gasteiger partial charge on any atom is -0.294 e. The summed E-state index contributed by atoms with van der Waals surface area (Å²) in [6.45, 7) is 2.78. The maximum absolute atomic E-state index is 9.20. The third kappa shape index (κ3) is 3.19. The Balaban J connectivity index is 2.03. The summed E-state index contributed by atoms with van der Waals surface area (Å²) in [6.07, 6.45) is 0. The van der Waals surface area contributed by atoms with Crippen LogP contribution in [0, 0.1) is 18.3 Å². The van der Waals surface area contributed by atoms with Crippen molar-refractivity contribution in [2.75, 3.05) is 0 Å². The van der Waals surface area contributed by atoms with Crippen LogP contribution < -0.4 is 5.32 Å². The van der Waals surface area contributed by atoms with Crippen LogP contribution >= 0.6 is 0 Å². The Labute approximate surface area is 108 Å². The van der Waals surface area contributed by atoms with E-state index in [0.29, 0.717) is 6.54 Å². The Hall–Kier alpha value is -2.11. The molecule has 2 aromatic carbocycles. The van der Waals surface area contributed by atoms with Crippen molar-refractivity contribution < 1.29 is 0 Å². The number of hydrogen-bond acceptors (Lipinski definition) is 2. The maximum atomic E-state index is 9.20. The number of aryl methyl sites for hydroxylation is 1. The standard InChI is InChI=1S/C16H16N2/c1-13-6-5-7-14(10-13)12-18-16(11-17)15-8-3-2-4-9-15/h2-10,16,18H,12H2,1H3. The number of nitrogens with one attached hydrogen (secondary N) is 1. The highest BCUT2D eigenvalue weighted by Gasteiger charge is 2.08. The van der Waals surface area contributed by atoms with Crippen molar-refractivity contribution in [3.05, 3.63) is 71.3 Å². The quantitative estimate of drug-likeness (QED) is 0.883. The van der Waals surface area contributed by atoms with Gasteiger partial charge in [0.15, 0.2) is 0 Å². The molecule has 18 heavy (non-hydrogen) atoms. The Morgan fingerprint density at radius 1 is 1.11 bits per heavy atom. The lowest BCUT2D eigenvalue weighted by Crippen LogP contribution is -2.19. The molecule has 0 amide bonds. The molecule has 1 atom stereocenters. The molecule has 2 heteroatoms. The zero-order chi connectivity index (χ0) is 12.8. The summed E-state index contributed by atoms with van der Waals surface area (Å²) in [6, 6.07) is 20.1. The van der Waals surface area contributed by atoms with Gasteiger partial charge in [0.25, 0.3) is 0 Å². The molecule has 2 aromatic rings. The van der Waals surface area contributed by atoms with Crippen molar-refractivity contribution in [3.8, 4) is 6.07 Å². The average Bonchev–Trinajstić information content (AvgIpc) is 2.41. The molecule has 0 spiro atoms. The van der Waals surface area contributed by atoms with E-state index < -0.39 is 0 Å². The fourth-order valence-corrected chi connectivity index (χ4v) is 1.93. The van der Waals surface area contributed by atoms with Crippen molar-refractivity contribution >= 4 is 0 Å². The van der Waals surface area contributed by atoms with E-state index in [0.717, 1.165) is 5.56 Å². The van der Waals surface area contributed by atoms with Crippen molar-refractivity contribution in [3.63, 3.8) is 0 Å². The number of benzene rings is 2. The fraction of sp³-hybridized carbons (Fsp3) is 0.188. The van der Waals surface area contributed by atoms with E-state index >= 15 is 0 Å².